The van der Waals surface area contributed by atoms with Crippen LogP contribution in [0.15, 0.2) is 65.9 Å². The summed E-state index contributed by atoms with van der Waals surface area (Å²) in [6.45, 7) is 11.8. The molecule has 0 unspecified atom stereocenters. The molecule has 5 nitrogen and oxygen atoms in total. The zero-order chi connectivity index (χ0) is 24.2. The van der Waals surface area contributed by atoms with Gasteiger partial charge in [-0.05, 0) is 67.9 Å². The van der Waals surface area contributed by atoms with Gasteiger partial charge in [0.25, 0.3) is 0 Å². The van der Waals surface area contributed by atoms with Gasteiger partial charge in [-0.15, -0.1) is 0 Å². The van der Waals surface area contributed by atoms with Crippen molar-refractivity contribution in [3.05, 3.63) is 77.9 Å². The molecule has 0 saturated carbocycles. The van der Waals surface area contributed by atoms with Crippen molar-refractivity contribution in [1.82, 2.24) is 14.9 Å². The van der Waals surface area contributed by atoms with Crippen LogP contribution in [0.4, 0.5) is 4.39 Å². The zero-order valence-corrected chi connectivity index (χ0v) is 20.5. The topological polar surface area (TPSA) is 42.3 Å². The van der Waals surface area contributed by atoms with Gasteiger partial charge in [-0.1, -0.05) is 32.9 Å². The Bertz CT molecular complexity index is 928. The second-order valence-electron chi connectivity index (χ2n) is 7.67. The number of halogens is 1. The minimum atomic E-state index is -0.257. The van der Waals surface area contributed by atoms with E-state index in [1.807, 2.05) is 45.3 Å². The van der Waals surface area contributed by atoms with Crippen LogP contribution in [-0.2, 0) is 0 Å². The van der Waals surface area contributed by atoms with E-state index in [9.17, 15) is 9.50 Å². The van der Waals surface area contributed by atoms with Gasteiger partial charge in [-0.3, -0.25) is 10.0 Å². The number of nitrogens with zero attached hydrogens (tertiary/aromatic N) is 4. The van der Waals surface area contributed by atoms with Crippen molar-refractivity contribution in [3.63, 3.8) is 0 Å². The third kappa shape index (κ3) is 7.55. The number of allylic oxidation sites excluding steroid dienone is 1. The number of aliphatic imine (C=N–C) groups is 1. The fourth-order valence-corrected chi connectivity index (χ4v) is 3.57. The van der Waals surface area contributed by atoms with Crippen LogP contribution in [0, 0.1) is 5.82 Å². The maximum Gasteiger partial charge on any atom is 0.123 e. The second-order valence-corrected chi connectivity index (χ2v) is 7.67. The minimum Gasteiger partial charge on any atom is -0.508 e. The summed E-state index contributed by atoms with van der Waals surface area (Å²) in [5.41, 5.74) is 3.88. The van der Waals surface area contributed by atoms with Crippen LogP contribution in [0.25, 0.3) is 11.3 Å². The van der Waals surface area contributed by atoms with Gasteiger partial charge >= 0.3 is 0 Å². The summed E-state index contributed by atoms with van der Waals surface area (Å²) in [7, 11) is 2.13. The van der Waals surface area contributed by atoms with E-state index in [-0.39, 0.29) is 11.6 Å². The Morgan fingerprint density at radius 2 is 1.58 bits per heavy atom. The second kappa shape index (κ2) is 13.6. The van der Waals surface area contributed by atoms with E-state index in [1.54, 1.807) is 30.5 Å². The van der Waals surface area contributed by atoms with Gasteiger partial charge in [0.05, 0.1) is 5.70 Å². The minimum absolute atomic E-state index is 0.219. The summed E-state index contributed by atoms with van der Waals surface area (Å²) in [6, 6.07) is 13.7. The molecule has 6 heteroatoms. The van der Waals surface area contributed by atoms with Crippen LogP contribution in [0.1, 0.15) is 45.2 Å². The molecule has 2 aromatic rings. The summed E-state index contributed by atoms with van der Waals surface area (Å²) in [4.78, 5) is 6.69. The van der Waals surface area contributed by atoms with Crippen LogP contribution in [0.5, 0.6) is 5.75 Å². The number of phenols is 1. The van der Waals surface area contributed by atoms with E-state index < -0.39 is 0 Å². The standard InChI is InChI=1S/C25H31FN4O.C2H6/c1-4-13-27-14-15-30(29-18-16-28(3)17-19-29)25(22-7-11-24(31)12-8-22)20(2)21-5-9-23(26)10-6-21;1-2/h5-15,31H,4,16-19H2,1-3H3;1-2H3/b15-14-,25-20+,27-13?;. The Balaban J connectivity index is 0.00000187. The summed E-state index contributed by atoms with van der Waals surface area (Å²) < 4.78 is 13.5. The molecule has 1 aliphatic rings. The van der Waals surface area contributed by atoms with E-state index in [1.165, 1.54) is 12.1 Å². The van der Waals surface area contributed by atoms with Gasteiger partial charge in [0.2, 0.25) is 0 Å². The molecule has 2 aromatic carbocycles. The third-order valence-electron chi connectivity index (χ3n) is 5.37. The summed E-state index contributed by atoms with van der Waals surface area (Å²) >= 11 is 0. The van der Waals surface area contributed by atoms with E-state index in [0.29, 0.717) is 0 Å². The molecule has 1 N–H and O–H groups in total. The lowest BCUT2D eigenvalue weighted by Gasteiger charge is -2.41. The van der Waals surface area contributed by atoms with Gasteiger partial charge in [0.15, 0.2) is 0 Å². The Morgan fingerprint density at radius 3 is 2.15 bits per heavy atom. The normalized spacial score (nSPS) is 15.9. The summed E-state index contributed by atoms with van der Waals surface area (Å²) in [5, 5.41) is 14.3. The van der Waals surface area contributed by atoms with Crippen molar-refractivity contribution in [3.8, 4) is 5.75 Å². The molecule has 1 saturated heterocycles. The number of hydrogen-bond acceptors (Lipinski definition) is 5. The quantitative estimate of drug-likeness (QED) is 0.422. The van der Waals surface area contributed by atoms with Crippen molar-refractivity contribution in [1.29, 1.82) is 0 Å². The first-order chi connectivity index (χ1) is 16.0. The highest BCUT2D eigenvalue weighted by atomic mass is 19.1. The molecule has 1 aliphatic heterocycles. The molecule has 0 radical (unpaired) electrons. The molecule has 3 rings (SSSR count). The van der Waals surface area contributed by atoms with E-state index >= 15 is 0 Å². The predicted octanol–water partition coefficient (Wildman–Crippen LogP) is 5.86. The lowest BCUT2D eigenvalue weighted by Crippen LogP contribution is -2.50. The van der Waals surface area contributed by atoms with Crippen molar-refractivity contribution >= 4 is 17.5 Å². The molecule has 0 bridgehead atoms. The molecule has 33 heavy (non-hydrogen) atoms. The Morgan fingerprint density at radius 1 is 1.00 bits per heavy atom. The van der Waals surface area contributed by atoms with E-state index in [0.717, 1.165) is 55.0 Å². The molecule has 0 amide bonds. The van der Waals surface area contributed by atoms with Crippen LogP contribution < -0.4 is 0 Å². The fraction of sp³-hybridized carbons (Fsp3) is 0.370. The number of phenolic OH excluding ortho intramolecular Hbond substituents is 1. The average molecular weight is 453 g/mol. The summed E-state index contributed by atoms with van der Waals surface area (Å²) in [6.07, 6.45) is 6.52. The predicted molar refractivity (Wildman–Crippen MR) is 137 cm³/mol. The molecule has 1 heterocycles. The van der Waals surface area contributed by atoms with Crippen LogP contribution in [0.3, 0.4) is 0 Å². The summed E-state index contributed by atoms with van der Waals surface area (Å²) in [5.74, 6) is -0.0378. The first-order valence-electron chi connectivity index (χ1n) is 11.7. The molecule has 1 fully saturated rings. The molecule has 0 atom stereocenters. The van der Waals surface area contributed by atoms with Crippen LogP contribution in [-0.4, -0.2) is 59.5 Å². The maximum atomic E-state index is 13.5. The zero-order valence-electron chi connectivity index (χ0n) is 20.5. The highest BCUT2D eigenvalue weighted by Crippen LogP contribution is 2.32. The highest BCUT2D eigenvalue weighted by molar-refractivity contribution is 5.89. The smallest absolute Gasteiger partial charge is 0.123 e. The average Bonchev–Trinajstić information content (AvgIpc) is 2.84. The Labute approximate surface area is 198 Å². The lowest BCUT2D eigenvalue weighted by molar-refractivity contribution is 0.0286. The largest absolute Gasteiger partial charge is 0.508 e. The molecular weight excluding hydrogens is 415 g/mol. The van der Waals surface area contributed by atoms with Gasteiger partial charge in [0.1, 0.15) is 11.6 Å². The molecule has 0 aliphatic carbocycles. The SMILES string of the molecule is CC.CCC=N/C=C\N(/C(=C(\C)c1ccc(F)cc1)c1ccc(O)cc1)N1CCN(C)CC1. The number of rotatable bonds is 7. The van der Waals surface area contributed by atoms with Gasteiger partial charge in [0, 0.05) is 50.4 Å². The molecule has 178 valence electrons. The van der Waals surface area contributed by atoms with Gasteiger partial charge in [-0.2, -0.15) is 0 Å². The van der Waals surface area contributed by atoms with Crippen LogP contribution in [0.2, 0.25) is 0 Å². The number of benzene rings is 2. The number of hydrogen-bond donors (Lipinski definition) is 1. The Hall–Kier alpha value is -2.96. The molecule has 0 aromatic heterocycles. The van der Waals surface area contributed by atoms with Gasteiger partial charge in [-0.25, -0.2) is 9.40 Å². The fourth-order valence-electron chi connectivity index (χ4n) is 3.57. The first-order valence-corrected chi connectivity index (χ1v) is 11.7. The lowest BCUT2D eigenvalue weighted by atomic mass is 10.00. The van der Waals surface area contributed by atoms with Crippen molar-refractivity contribution in [2.75, 3.05) is 33.2 Å². The molecular formula is C27H37FN4O. The number of piperazine rings is 1. The van der Waals surface area contributed by atoms with E-state index in [2.05, 4.69) is 33.9 Å². The van der Waals surface area contributed by atoms with E-state index in [4.69, 9.17) is 0 Å². The van der Waals surface area contributed by atoms with Crippen LogP contribution >= 0.6 is 0 Å². The molecule has 0 spiro atoms. The Kier molecular flexibility index (Phi) is 10.8. The first kappa shape index (κ1) is 26.3. The monoisotopic (exact) mass is 452 g/mol. The number of hydrazine groups is 1. The number of likely N-dealkylation sites (N-methyl/N-ethyl adjacent to an activating group) is 1. The highest BCUT2D eigenvalue weighted by Gasteiger charge is 2.24. The maximum absolute atomic E-state index is 13.5. The van der Waals surface area contributed by atoms with Crippen molar-refractivity contribution in [2.24, 2.45) is 4.99 Å². The third-order valence-corrected chi connectivity index (χ3v) is 5.37. The number of aromatic hydroxyl groups is 1. The van der Waals surface area contributed by atoms with Crippen molar-refractivity contribution in [2.45, 2.75) is 34.1 Å². The van der Waals surface area contributed by atoms with Crippen molar-refractivity contribution < 1.29 is 9.50 Å². The van der Waals surface area contributed by atoms with Gasteiger partial charge < -0.3 is 10.0 Å².